The standard InChI is InChI=1S/C55H56N16O12S4/c1-30-25-31(2)57-52(56-30)68-84(76,77)42-17-9-38(10-18-42)64-48(72)46(49(73)65-39-11-19-43(20-12-39)85(78,79)69-53-58-32(3)26-33(4)59-53)29-47(50(74)66-40-13-21-44(22-14-40)86(80,81)70-54-60-34(5)27-35(6)61-54)51(75)67-41-15-23-45(24-16-41)87(82,83)71-55-62-36(7)28-37(8)63-55/h9-28,46-47H,29H2,1-8H3,(H,64,72)(H,65,73)(H,66,74)(H,67,75)(H,56,57,68)(H,58,59,69)(H,60,61,70)(H,62,63,71). The molecule has 28 nitrogen and oxygen atoms in total. The van der Waals surface area contributed by atoms with E-state index < -0.39 is 82.0 Å². The number of benzene rings is 4. The third-order valence-electron chi connectivity index (χ3n) is 12.3. The minimum Gasteiger partial charge on any atom is -0.325 e. The topological polar surface area (TPSA) is 404 Å². The lowest BCUT2D eigenvalue weighted by molar-refractivity contribution is -0.133. The predicted molar refractivity (Wildman–Crippen MR) is 321 cm³/mol. The van der Waals surface area contributed by atoms with Gasteiger partial charge >= 0.3 is 0 Å². The summed E-state index contributed by atoms with van der Waals surface area (Å²) < 4.78 is 116. The fraction of sp³-hybridized carbons (Fsp3) is 0.200. The largest absolute Gasteiger partial charge is 0.325 e. The number of hydrogen-bond acceptors (Lipinski definition) is 20. The molecule has 87 heavy (non-hydrogen) atoms. The molecule has 8 aromatic rings. The highest BCUT2D eigenvalue weighted by molar-refractivity contribution is 7.93. The van der Waals surface area contributed by atoms with Crippen molar-refractivity contribution in [2.24, 2.45) is 11.8 Å². The molecule has 8 rings (SSSR count). The van der Waals surface area contributed by atoms with Gasteiger partial charge in [0.1, 0.15) is 11.8 Å². The average Bonchev–Trinajstić information content (AvgIpc) is 1.73. The molecule has 0 radical (unpaired) electrons. The summed E-state index contributed by atoms with van der Waals surface area (Å²) in [5.41, 5.74) is 3.76. The molecule has 4 aromatic heterocycles. The number of nitrogens with one attached hydrogen (secondary N) is 8. The first kappa shape index (κ1) is 63.1. The van der Waals surface area contributed by atoms with Gasteiger partial charge < -0.3 is 21.3 Å². The van der Waals surface area contributed by atoms with Crippen LogP contribution in [0.4, 0.5) is 46.5 Å². The Morgan fingerprint density at radius 1 is 0.299 bits per heavy atom. The molecule has 0 bridgehead atoms. The van der Waals surface area contributed by atoms with Crippen LogP contribution in [0.2, 0.25) is 0 Å². The second-order valence-corrected chi connectivity index (χ2v) is 26.4. The summed E-state index contributed by atoms with van der Waals surface area (Å²) in [6, 6.07) is 25.4. The summed E-state index contributed by atoms with van der Waals surface area (Å²) in [6.45, 7) is 13.2. The molecule has 0 aliphatic carbocycles. The SMILES string of the molecule is Cc1cc(C)nc(NS(=O)(=O)c2ccc(NC(=O)C(CC(C(=O)Nc3ccc(S(=O)(=O)Nc4nc(C)cc(C)n4)cc3)C(=O)Nc3ccc(S(=O)(=O)Nc4nc(C)cc(C)n4)cc3)C(=O)Nc3ccc(S(=O)(=O)Nc4nc(C)cc(C)n4)cc3)cc2)n1. The zero-order valence-electron chi connectivity index (χ0n) is 47.5. The van der Waals surface area contributed by atoms with Crippen molar-refractivity contribution < 1.29 is 52.8 Å². The van der Waals surface area contributed by atoms with Crippen LogP contribution >= 0.6 is 0 Å². The number of aromatic nitrogens is 8. The smallest absolute Gasteiger partial charge is 0.264 e. The van der Waals surface area contributed by atoms with Crippen LogP contribution in [0.1, 0.15) is 52.0 Å². The highest BCUT2D eigenvalue weighted by Gasteiger charge is 2.37. The first-order valence-electron chi connectivity index (χ1n) is 25.9. The molecule has 4 aromatic carbocycles. The third kappa shape index (κ3) is 16.7. The van der Waals surface area contributed by atoms with Crippen molar-refractivity contribution in [3.05, 3.63) is 167 Å². The molecule has 0 atom stereocenters. The Morgan fingerprint density at radius 3 is 0.621 bits per heavy atom. The molecule has 0 unspecified atom stereocenters. The number of sulfonamides is 4. The lowest BCUT2D eigenvalue weighted by atomic mass is 9.90. The molecular weight excluding hydrogens is 1200 g/mol. The minimum atomic E-state index is -4.29. The molecule has 0 saturated carbocycles. The van der Waals surface area contributed by atoms with Crippen LogP contribution in [0.3, 0.4) is 0 Å². The Kier molecular flexibility index (Phi) is 18.7. The summed E-state index contributed by atoms with van der Waals surface area (Å²) in [4.78, 5) is 90.2. The molecule has 32 heteroatoms. The molecule has 0 fully saturated rings. The van der Waals surface area contributed by atoms with Gasteiger partial charge in [-0.1, -0.05) is 0 Å². The van der Waals surface area contributed by atoms with E-state index in [1.165, 1.54) is 48.5 Å². The van der Waals surface area contributed by atoms with Gasteiger partial charge in [-0.3, -0.25) is 19.2 Å². The lowest BCUT2D eigenvalue weighted by Gasteiger charge is -2.22. The van der Waals surface area contributed by atoms with Gasteiger partial charge in [-0.15, -0.1) is 0 Å². The molecule has 0 aliphatic heterocycles. The maximum Gasteiger partial charge on any atom is 0.264 e. The second kappa shape index (κ2) is 25.7. The van der Waals surface area contributed by atoms with Crippen molar-refractivity contribution in [3.8, 4) is 0 Å². The molecular formula is C55H56N16O12S4. The van der Waals surface area contributed by atoms with Gasteiger partial charge in [0.05, 0.1) is 19.6 Å². The van der Waals surface area contributed by atoms with Crippen molar-refractivity contribution in [2.45, 2.75) is 81.4 Å². The first-order chi connectivity index (χ1) is 40.9. The van der Waals surface area contributed by atoms with Crippen LogP contribution in [0.5, 0.6) is 0 Å². The number of aryl methyl sites for hydroxylation is 8. The maximum absolute atomic E-state index is 14.6. The number of carbonyl (C=O) groups is 4. The predicted octanol–water partition coefficient (Wildman–Crippen LogP) is 5.99. The molecule has 4 heterocycles. The van der Waals surface area contributed by atoms with Crippen LogP contribution in [-0.4, -0.2) is 97.2 Å². The third-order valence-corrected chi connectivity index (χ3v) is 17.7. The molecule has 4 amide bonds. The summed E-state index contributed by atoms with van der Waals surface area (Å²) in [5, 5.41) is 10.1. The van der Waals surface area contributed by atoms with E-state index in [2.05, 4.69) is 80.0 Å². The number of hydrogen-bond donors (Lipinski definition) is 8. The van der Waals surface area contributed by atoms with Crippen molar-refractivity contribution in [2.75, 3.05) is 40.2 Å². The van der Waals surface area contributed by atoms with E-state index in [0.29, 0.717) is 45.6 Å². The highest BCUT2D eigenvalue weighted by Crippen LogP contribution is 2.27. The number of amides is 4. The normalized spacial score (nSPS) is 11.8. The van der Waals surface area contributed by atoms with E-state index in [0.717, 1.165) is 48.5 Å². The quantitative estimate of drug-likeness (QED) is 0.0361. The average molecular weight is 1260 g/mol. The van der Waals surface area contributed by atoms with Gasteiger partial charge in [0.2, 0.25) is 47.4 Å². The second-order valence-electron chi connectivity index (χ2n) is 19.7. The molecule has 8 N–H and O–H groups in total. The zero-order chi connectivity index (χ0) is 63.2. The number of anilines is 8. The first-order valence-corrected chi connectivity index (χ1v) is 31.9. The minimum absolute atomic E-state index is 0.0537. The van der Waals surface area contributed by atoms with Crippen LogP contribution in [0, 0.1) is 67.2 Å². The van der Waals surface area contributed by atoms with Gasteiger partial charge in [0.25, 0.3) is 40.1 Å². The van der Waals surface area contributed by atoms with Crippen molar-refractivity contribution >= 4 is 110 Å². The number of carbonyl (C=O) groups excluding carboxylic acids is 4. The van der Waals surface area contributed by atoms with E-state index >= 15 is 0 Å². The molecule has 0 aliphatic rings. The zero-order valence-corrected chi connectivity index (χ0v) is 50.8. The Morgan fingerprint density at radius 2 is 0.460 bits per heavy atom. The van der Waals surface area contributed by atoms with Gasteiger partial charge in [0, 0.05) is 68.3 Å². The van der Waals surface area contributed by atoms with E-state index in [9.17, 15) is 52.8 Å². The lowest BCUT2D eigenvalue weighted by Crippen LogP contribution is -2.41. The Labute approximate surface area is 500 Å². The molecule has 452 valence electrons. The van der Waals surface area contributed by atoms with Gasteiger partial charge in [0.15, 0.2) is 0 Å². The Hall–Kier alpha value is -9.92. The number of rotatable bonds is 22. The van der Waals surface area contributed by atoms with Crippen LogP contribution in [-0.2, 0) is 59.3 Å². The van der Waals surface area contributed by atoms with Crippen LogP contribution in [0.15, 0.2) is 141 Å². The van der Waals surface area contributed by atoms with Gasteiger partial charge in [-0.2, -0.15) is 0 Å². The van der Waals surface area contributed by atoms with E-state index in [1.54, 1.807) is 79.7 Å². The summed E-state index contributed by atoms with van der Waals surface area (Å²) >= 11 is 0. The van der Waals surface area contributed by atoms with E-state index in [-0.39, 0.29) is 66.1 Å². The fourth-order valence-electron chi connectivity index (χ4n) is 8.49. The van der Waals surface area contributed by atoms with E-state index in [1.807, 2.05) is 0 Å². The highest BCUT2D eigenvalue weighted by atomic mass is 32.2. The maximum atomic E-state index is 14.6. The van der Waals surface area contributed by atoms with Crippen molar-refractivity contribution in [3.63, 3.8) is 0 Å². The molecule has 0 saturated heterocycles. The number of nitrogens with zero attached hydrogens (tertiary/aromatic N) is 8. The van der Waals surface area contributed by atoms with Gasteiger partial charge in [-0.25, -0.2) is 92.4 Å². The van der Waals surface area contributed by atoms with Crippen LogP contribution < -0.4 is 40.2 Å². The van der Waals surface area contributed by atoms with Crippen molar-refractivity contribution in [1.82, 2.24) is 39.9 Å². The molecule has 0 spiro atoms. The monoisotopic (exact) mass is 1260 g/mol. The van der Waals surface area contributed by atoms with Crippen molar-refractivity contribution in [1.29, 1.82) is 0 Å². The van der Waals surface area contributed by atoms with Crippen LogP contribution in [0.25, 0.3) is 0 Å². The summed E-state index contributed by atoms with van der Waals surface area (Å²) in [7, 11) is -17.2. The summed E-state index contributed by atoms with van der Waals surface area (Å²) in [5.74, 6) is -9.27. The fourth-order valence-corrected chi connectivity index (χ4v) is 12.3. The Bertz CT molecular complexity index is 3800. The summed E-state index contributed by atoms with van der Waals surface area (Å²) in [6.07, 6.45) is -0.924. The Balaban J connectivity index is 1.10. The van der Waals surface area contributed by atoms with E-state index in [4.69, 9.17) is 0 Å². The van der Waals surface area contributed by atoms with Gasteiger partial charge in [-0.05, 0) is 183 Å².